The fourth-order valence-corrected chi connectivity index (χ4v) is 5.67. The number of aryl methyl sites for hydroxylation is 1. The van der Waals surface area contributed by atoms with Crippen molar-refractivity contribution < 1.29 is 17.9 Å². The average Bonchev–Trinajstić information content (AvgIpc) is 3.44. The first-order valence-electron chi connectivity index (χ1n) is 10.5. The molecule has 0 fully saturated rings. The molecule has 8 heteroatoms. The molecule has 34 heavy (non-hydrogen) atoms. The Kier molecular flexibility index (Phi) is 5.77. The van der Waals surface area contributed by atoms with Crippen LogP contribution < -0.4 is 9.64 Å². The Labute approximate surface area is 201 Å². The summed E-state index contributed by atoms with van der Waals surface area (Å²) in [4.78, 5) is 15.6. The fraction of sp³-hybridized carbons (Fsp3) is 0.0769. The van der Waals surface area contributed by atoms with Crippen molar-refractivity contribution in [2.45, 2.75) is 18.4 Å². The van der Waals surface area contributed by atoms with Gasteiger partial charge >= 0.3 is 5.97 Å². The van der Waals surface area contributed by atoms with Gasteiger partial charge in [-0.05, 0) is 66.9 Å². The summed E-state index contributed by atoms with van der Waals surface area (Å²) in [6.45, 7) is 2.36. The highest BCUT2D eigenvalue weighted by Gasteiger charge is 2.32. The van der Waals surface area contributed by atoms with Gasteiger partial charge in [-0.2, -0.15) is 8.42 Å². The summed E-state index contributed by atoms with van der Waals surface area (Å²) in [5.41, 5.74) is 2.75. The molecule has 1 aromatic heterocycles. The van der Waals surface area contributed by atoms with Crippen LogP contribution in [0.1, 0.15) is 26.4 Å². The molecule has 5 rings (SSSR count). The van der Waals surface area contributed by atoms with Gasteiger partial charge in [0, 0.05) is 16.1 Å². The van der Waals surface area contributed by atoms with Crippen LogP contribution in [0.15, 0.2) is 99.6 Å². The summed E-state index contributed by atoms with van der Waals surface area (Å²) < 4.78 is 35.0. The molecule has 0 bridgehead atoms. The van der Waals surface area contributed by atoms with Gasteiger partial charge in [0.1, 0.15) is 10.6 Å². The van der Waals surface area contributed by atoms with Crippen LogP contribution in [0, 0.1) is 6.92 Å². The number of carbonyl (C=O) groups is 1. The Hall–Kier alpha value is -3.75. The van der Waals surface area contributed by atoms with E-state index in [9.17, 15) is 13.2 Å². The summed E-state index contributed by atoms with van der Waals surface area (Å²) in [5, 5.41) is 1.97. The molecule has 0 saturated carbocycles. The molecule has 3 aromatic carbocycles. The maximum absolute atomic E-state index is 12.7. The first kappa shape index (κ1) is 22.1. The summed E-state index contributed by atoms with van der Waals surface area (Å²) in [6.07, 6.45) is 0. The second kappa shape index (κ2) is 8.89. The second-order valence-corrected chi connectivity index (χ2v) is 10.4. The number of hydrogen-bond acceptors (Lipinski definition) is 6. The average molecular weight is 489 g/mol. The van der Waals surface area contributed by atoms with Crippen molar-refractivity contribution in [3.63, 3.8) is 0 Å². The van der Waals surface area contributed by atoms with E-state index in [1.165, 1.54) is 0 Å². The predicted molar refractivity (Wildman–Crippen MR) is 133 cm³/mol. The molecule has 0 atom stereocenters. The van der Waals surface area contributed by atoms with Crippen LogP contribution in [0.25, 0.3) is 0 Å². The summed E-state index contributed by atoms with van der Waals surface area (Å²) in [7, 11) is -3.76. The minimum absolute atomic E-state index is 0.199. The Bertz CT molecular complexity index is 1490. The number of ether oxygens (including phenoxy) is 1. The molecule has 2 heterocycles. The smallest absolute Gasteiger partial charge is 0.343 e. The third-order valence-electron chi connectivity index (χ3n) is 5.37. The first-order valence-corrected chi connectivity index (χ1v) is 12.9. The van der Waals surface area contributed by atoms with Crippen LogP contribution in [0.5, 0.6) is 5.75 Å². The lowest BCUT2D eigenvalue weighted by atomic mass is 10.1. The number of amidine groups is 1. The van der Waals surface area contributed by atoms with Gasteiger partial charge in [0.05, 0.1) is 12.1 Å². The number of fused-ring (bicyclic) bond motifs is 1. The van der Waals surface area contributed by atoms with Crippen molar-refractivity contribution in [3.8, 4) is 5.75 Å². The largest absolute Gasteiger partial charge is 0.423 e. The number of hydrogen-bond donors (Lipinski definition) is 0. The number of benzene rings is 3. The second-order valence-electron chi connectivity index (χ2n) is 7.80. The van der Waals surface area contributed by atoms with Crippen molar-refractivity contribution in [3.05, 3.63) is 112 Å². The van der Waals surface area contributed by atoms with E-state index in [1.807, 2.05) is 41.5 Å². The topological polar surface area (TPSA) is 76.0 Å². The molecule has 4 aromatic rings. The third-order valence-corrected chi connectivity index (χ3v) is 7.56. The maximum Gasteiger partial charge on any atom is 0.343 e. The third kappa shape index (κ3) is 4.37. The Balaban J connectivity index is 1.46. The standard InChI is InChI=1S/C26H20N2O4S2/c1-18-6-4-7-19(16-18)26(29)32-21-13-11-20(12-14-21)28(17-22-8-5-15-33-22)25-23-9-2-3-10-24(23)34(30,31)27-25/h2-16H,17H2,1H3. The molecular weight excluding hydrogens is 468 g/mol. The van der Waals surface area contributed by atoms with Gasteiger partial charge in [-0.1, -0.05) is 35.9 Å². The summed E-state index contributed by atoms with van der Waals surface area (Å²) in [6, 6.07) is 24.9. The van der Waals surface area contributed by atoms with Gasteiger partial charge in [0.2, 0.25) is 0 Å². The maximum atomic E-state index is 12.7. The lowest BCUT2D eigenvalue weighted by Crippen LogP contribution is -2.30. The van der Waals surface area contributed by atoms with E-state index in [-0.39, 0.29) is 4.90 Å². The zero-order chi connectivity index (χ0) is 23.7. The lowest BCUT2D eigenvalue weighted by molar-refractivity contribution is 0.0734. The number of thiophene rings is 1. The van der Waals surface area contributed by atoms with E-state index >= 15 is 0 Å². The highest BCUT2D eigenvalue weighted by Crippen LogP contribution is 2.32. The number of esters is 1. The Morgan fingerprint density at radius 2 is 1.76 bits per heavy atom. The van der Waals surface area contributed by atoms with Crippen molar-refractivity contribution in [2.24, 2.45) is 4.40 Å². The fourth-order valence-electron chi connectivity index (χ4n) is 3.76. The monoisotopic (exact) mass is 488 g/mol. The van der Waals surface area contributed by atoms with Crippen LogP contribution in [-0.2, 0) is 16.6 Å². The van der Waals surface area contributed by atoms with Crippen LogP contribution in [0.3, 0.4) is 0 Å². The molecule has 6 nitrogen and oxygen atoms in total. The van der Waals surface area contributed by atoms with E-state index in [2.05, 4.69) is 4.40 Å². The van der Waals surface area contributed by atoms with Gasteiger partial charge in [-0.25, -0.2) is 4.79 Å². The molecule has 170 valence electrons. The van der Waals surface area contributed by atoms with Gasteiger partial charge < -0.3 is 9.64 Å². The highest BCUT2D eigenvalue weighted by atomic mass is 32.2. The van der Waals surface area contributed by atoms with E-state index in [0.717, 1.165) is 16.1 Å². The lowest BCUT2D eigenvalue weighted by Gasteiger charge is -2.24. The number of carbonyl (C=O) groups excluding carboxylic acids is 1. The SMILES string of the molecule is Cc1cccc(C(=O)Oc2ccc(N(Cc3cccs3)C3=NS(=O)(=O)c4ccccc43)cc2)c1. The van der Waals surface area contributed by atoms with E-state index in [4.69, 9.17) is 4.74 Å². The zero-order valence-electron chi connectivity index (χ0n) is 18.2. The van der Waals surface area contributed by atoms with Gasteiger partial charge in [-0.15, -0.1) is 15.7 Å². The van der Waals surface area contributed by atoms with E-state index in [1.54, 1.807) is 72.0 Å². The first-order chi connectivity index (χ1) is 16.4. The van der Waals surface area contributed by atoms with Gasteiger partial charge in [-0.3, -0.25) is 0 Å². The highest BCUT2D eigenvalue weighted by molar-refractivity contribution is 7.90. The predicted octanol–water partition coefficient (Wildman–Crippen LogP) is 5.43. The van der Waals surface area contributed by atoms with Crippen molar-refractivity contribution in [1.82, 2.24) is 0 Å². The quantitative estimate of drug-likeness (QED) is 0.277. The van der Waals surface area contributed by atoms with E-state index in [0.29, 0.717) is 29.3 Å². The minimum Gasteiger partial charge on any atom is -0.423 e. The molecule has 1 aliphatic rings. The molecule has 0 saturated heterocycles. The molecule has 0 aliphatic carbocycles. The molecule has 0 spiro atoms. The van der Waals surface area contributed by atoms with Gasteiger partial charge in [0.25, 0.3) is 10.0 Å². The van der Waals surface area contributed by atoms with Crippen LogP contribution in [0.2, 0.25) is 0 Å². The normalized spacial score (nSPS) is 13.7. The molecule has 0 N–H and O–H groups in total. The number of nitrogens with zero attached hydrogens (tertiary/aromatic N) is 2. The number of anilines is 1. The van der Waals surface area contributed by atoms with Crippen molar-refractivity contribution in [1.29, 1.82) is 0 Å². The number of rotatable bonds is 5. The Morgan fingerprint density at radius 1 is 0.971 bits per heavy atom. The Morgan fingerprint density at radius 3 is 2.50 bits per heavy atom. The van der Waals surface area contributed by atoms with Gasteiger partial charge in [0.15, 0.2) is 5.84 Å². The zero-order valence-corrected chi connectivity index (χ0v) is 19.8. The molecule has 0 radical (unpaired) electrons. The number of sulfonamides is 1. The van der Waals surface area contributed by atoms with E-state index < -0.39 is 16.0 Å². The molecular formula is C26H20N2O4S2. The van der Waals surface area contributed by atoms with Crippen LogP contribution >= 0.6 is 11.3 Å². The minimum atomic E-state index is -3.76. The summed E-state index contributed by atoms with van der Waals surface area (Å²) in [5.74, 6) is 0.327. The molecule has 1 aliphatic heterocycles. The van der Waals surface area contributed by atoms with Crippen molar-refractivity contribution >= 4 is 38.9 Å². The summed E-state index contributed by atoms with van der Waals surface area (Å²) >= 11 is 1.58. The van der Waals surface area contributed by atoms with Crippen LogP contribution in [0.4, 0.5) is 5.69 Å². The molecule has 0 amide bonds. The van der Waals surface area contributed by atoms with Crippen molar-refractivity contribution in [2.75, 3.05) is 4.90 Å². The molecule has 0 unspecified atom stereocenters. The van der Waals surface area contributed by atoms with Crippen LogP contribution in [-0.4, -0.2) is 20.2 Å².